The number of carboxylic acids is 1. The van der Waals surface area contributed by atoms with Crippen molar-refractivity contribution < 1.29 is 9.90 Å². The molecule has 0 spiro atoms. The Morgan fingerprint density at radius 2 is 2.07 bits per heavy atom. The summed E-state index contributed by atoms with van der Waals surface area (Å²) in [4.78, 5) is 9.00. The van der Waals surface area contributed by atoms with Crippen molar-refractivity contribution in [1.82, 2.24) is 0 Å². The topological polar surface area (TPSA) is 87.2 Å². The smallest absolute Gasteiger partial charge is 0.300 e. The molecule has 0 aliphatic rings. The van der Waals surface area contributed by atoms with Crippen LogP contribution in [0.2, 0.25) is 5.02 Å². The number of nitrogens with one attached hydrogen (secondary N) is 1. The van der Waals surface area contributed by atoms with Gasteiger partial charge in [-0.3, -0.25) is 10.2 Å². The standard InChI is InChI=1S/C7H7ClN2.C2H4O2/c8-6-3-1-2-5(4-6)7(9)10;1-2(3)4/h1-4H,(H3,9,10);1H3,(H,3,4). The molecule has 0 bridgehead atoms. The van der Waals surface area contributed by atoms with E-state index in [0.717, 1.165) is 6.92 Å². The Bertz CT molecular complexity index is 335. The third-order valence-electron chi connectivity index (χ3n) is 1.14. The molecule has 0 aromatic heterocycles. The summed E-state index contributed by atoms with van der Waals surface area (Å²) < 4.78 is 0. The molecule has 1 aromatic rings. The second-order valence-corrected chi connectivity index (χ2v) is 2.88. The molecule has 0 aliphatic carbocycles. The quantitative estimate of drug-likeness (QED) is 0.491. The predicted octanol–water partition coefficient (Wildman–Crippen LogP) is 1.71. The van der Waals surface area contributed by atoms with E-state index in [1.807, 2.05) is 0 Å². The van der Waals surface area contributed by atoms with Gasteiger partial charge >= 0.3 is 0 Å². The number of carbonyl (C=O) groups is 1. The largest absolute Gasteiger partial charge is 0.481 e. The first-order chi connectivity index (χ1) is 6.43. The normalized spacial score (nSPS) is 8.43. The lowest BCUT2D eigenvalue weighted by molar-refractivity contribution is -0.134. The van der Waals surface area contributed by atoms with E-state index in [2.05, 4.69) is 0 Å². The highest BCUT2D eigenvalue weighted by Crippen LogP contribution is 2.09. The van der Waals surface area contributed by atoms with Gasteiger partial charge in [-0.1, -0.05) is 23.7 Å². The Labute approximate surface area is 86.8 Å². The monoisotopic (exact) mass is 214 g/mol. The maximum Gasteiger partial charge on any atom is 0.300 e. The Morgan fingerprint density at radius 3 is 2.36 bits per heavy atom. The SMILES string of the molecule is CC(=O)O.N=C(N)c1cccc(Cl)c1. The summed E-state index contributed by atoms with van der Waals surface area (Å²) >= 11 is 5.64. The van der Waals surface area contributed by atoms with Crippen LogP contribution in [0.4, 0.5) is 0 Å². The van der Waals surface area contributed by atoms with Gasteiger partial charge in [-0.25, -0.2) is 0 Å². The van der Waals surface area contributed by atoms with Gasteiger partial charge in [-0.15, -0.1) is 0 Å². The van der Waals surface area contributed by atoms with Crippen LogP contribution >= 0.6 is 11.6 Å². The molecule has 0 aliphatic heterocycles. The molecule has 76 valence electrons. The van der Waals surface area contributed by atoms with Crippen LogP contribution in [-0.4, -0.2) is 16.9 Å². The van der Waals surface area contributed by atoms with Crippen LogP contribution in [-0.2, 0) is 4.79 Å². The van der Waals surface area contributed by atoms with E-state index in [1.54, 1.807) is 24.3 Å². The zero-order valence-corrected chi connectivity index (χ0v) is 8.38. The van der Waals surface area contributed by atoms with Gasteiger partial charge in [0.1, 0.15) is 5.84 Å². The minimum absolute atomic E-state index is 0.0440. The highest BCUT2D eigenvalue weighted by Gasteiger charge is 1.94. The molecule has 0 saturated heterocycles. The number of benzene rings is 1. The summed E-state index contributed by atoms with van der Waals surface area (Å²) in [7, 11) is 0. The van der Waals surface area contributed by atoms with Gasteiger partial charge in [0.05, 0.1) is 0 Å². The number of carboxylic acid groups (broad SMARTS) is 1. The van der Waals surface area contributed by atoms with E-state index in [-0.39, 0.29) is 5.84 Å². The van der Waals surface area contributed by atoms with E-state index in [4.69, 9.17) is 32.6 Å². The summed E-state index contributed by atoms with van der Waals surface area (Å²) in [5, 5.41) is 15.1. The summed E-state index contributed by atoms with van der Waals surface area (Å²) in [5.41, 5.74) is 5.87. The average Bonchev–Trinajstić information content (AvgIpc) is 2.03. The molecule has 0 amide bonds. The lowest BCUT2D eigenvalue weighted by Gasteiger charge is -1.96. The Morgan fingerprint density at radius 1 is 1.57 bits per heavy atom. The van der Waals surface area contributed by atoms with Crippen LogP contribution in [0.3, 0.4) is 0 Å². The van der Waals surface area contributed by atoms with Crippen molar-refractivity contribution in [2.45, 2.75) is 6.92 Å². The number of halogens is 1. The van der Waals surface area contributed by atoms with Crippen LogP contribution in [0.25, 0.3) is 0 Å². The molecule has 5 heteroatoms. The molecular weight excluding hydrogens is 204 g/mol. The van der Waals surface area contributed by atoms with Crippen molar-refractivity contribution in [2.75, 3.05) is 0 Å². The Balaban J connectivity index is 0.000000364. The fraction of sp³-hybridized carbons (Fsp3) is 0.111. The van der Waals surface area contributed by atoms with Crippen molar-refractivity contribution in [1.29, 1.82) is 5.41 Å². The van der Waals surface area contributed by atoms with Gasteiger partial charge in [0, 0.05) is 17.5 Å². The molecule has 1 aromatic carbocycles. The van der Waals surface area contributed by atoms with E-state index in [9.17, 15) is 0 Å². The average molecular weight is 215 g/mol. The van der Waals surface area contributed by atoms with E-state index in [0.29, 0.717) is 10.6 Å². The van der Waals surface area contributed by atoms with Gasteiger partial charge in [-0.2, -0.15) is 0 Å². The molecule has 0 radical (unpaired) electrons. The number of amidine groups is 1. The fourth-order valence-corrected chi connectivity index (χ4v) is 0.846. The third kappa shape index (κ3) is 6.02. The number of hydrogen-bond donors (Lipinski definition) is 3. The number of nitrogen functional groups attached to an aromatic ring is 1. The molecule has 0 fully saturated rings. The zero-order chi connectivity index (χ0) is 11.1. The van der Waals surface area contributed by atoms with Gasteiger partial charge in [-0.05, 0) is 12.1 Å². The minimum Gasteiger partial charge on any atom is -0.481 e. The summed E-state index contributed by atoms with van der Waals surface area (Å²) in [6.45, 7) is 1.08. The summed E-state index contributed by atoms with van der Waals surface area (Å²) in [5.74, 6) is -0.789. The first kappa shape index (κ1) is 12.5. The van der Waals surface area contributed by atoms with E-state index >= 15 is 0 Å². The van der Waals surface area contributed by atoms with E-state index < -0.39 is 5.97 Å². The molecule has 4 nitrogen and oxygen atoms in total. The maximum atomic E-state index is 9.00. The number of aliphatic carboxylic acids is 1. The Hall–Kier alpha value is -1.55. The predicted molar refractivity (Wildman–Crippen MR) is 55.8 cm³/mol. The Kier molecular flexibility index (Phi) is 5.33. The number of rotatable bonds is 1. The van der Waals surface area contributed by atoms with Gasteiger partial charge in [0.15, 0.2) is 0 Å². The van der Waals surface area contributed by atoms with Crippen LogP contribution in [0.15, 0.2) is 24.3 Å². The van der Waals surface area contributed by atoms with Crippen molar-refractivity contribution >= 4 is 23.4 Å². The minimum atomic E-state index is -0.833. The number of nitrogens with two attached hydrogens (primary N) is 1. The zero-order valence-electron chi connectivity index (χ0n) is 7.62. The van der Waals surface area contributed by atoms with Crippen LogP contribution in [0.5, 0.6) is 0 Å². The van der Waals surface area contributed by atoms with Crippen molar-refractivity contribution in [3.05, 3.63) is 34.9 Å². The van der Waals surface area contributed by atoms with Crippen molar-refractivity contribution in [3.63, 3.8) is 0 Å². The van der Waals surface area contributed by atoms with Crippen molar-refractivity contribution in [2.24, 2.45) is 5.73 Å². The van der Waals surface area contributed by atoms with Gasteiger partial charge in [0.2, 0.25) is 0 Å². The lowest BCUT2D eigenvalue weighted by Crippen LogP contribution is -2.10. The van der Waals surface area contributed by atoms with Crippen LogP contribution < -0.4 is 5.73 Å². The van der Waals surface area contributed by atoms with Gasteiger partial charge < -0.3 is 10.8 Å². The highest BCUT2D eigenvalue weighted by molar-refractivity contribution is 6.30. The third-order valence-corrected chi connectivity index (χ3v) is 1.37. The molecule has 0 heterocycles. The molecular formula is C9H11ClN2O2. The maximum absolute atomic E-state index is 9.00. The molecule has 4 N–H and O–H groups in total. The first-order valence-electron chi connectivity index (χ1n) is 3.73. The molecule has 0 unspecified atom stereocenters. The van der Waals surface area contributed by atoms with Crippen LogP contribution in [0, 0.1) is 5.41 Å². The molecule has 14 heavy (non-hydrogen) atoms. The second kappa shape index (κ2) is 5.99. The molecule has 1 rings (SSSR count). The first-order valence-corrected chi connectivity index (χ1v) is 4.10. The molecule has 0 saturated carbocycles. The summed E-state index contributed by atoms with van der Waals surface area (Å²) in [6.07, 6.45) is 0. The number of hydrogen-bond acceptors (Lipinski definition) is 2. The van der Waals surface area contributed by atoms with Gasteiger partial charge in [0.25, 0.3) is 5.97 Å². The van der Waals surface area contributed by atoms with E-state index in [1.165, 1.54) is 0 Å². The second-order valence-electron chi connectivity index (χ2n) is 2.44. The lowest BCUT2D eigenvalue weighted by atomic mass is 10.2. The van der Waals surface area contributed by atoms with Crippen LogP contribution in [0.1, 0.15) is 12.5 Å². The van der Waals surface area contributed by atoms with Crippen molar-refractivity contribution in [3.8, 4) is 0 Å². The summed E-state index contributed by atoms with van der Waals surface area (Å²) in [6, 6.07) is 6.91. The highest BCUT2D eigenvalue weighted by atomic mass is 35.5. The fourth-order valence-electron chi connectivity index (χ4n) is 0.656. The molecule has 0 atom stereocenters.